The fraction of sp³-hybridized carbons (Fsp3) is 0.400. The second-order valence-electron chi connectivity index (χ2n) is 5.05. The smallest absolute Gasteiger partial charge is 0.243 e. The highest BCUT2D eigenvalue weighted by molar-refractivity contribution is 5.87. The Labute approximate surface area is 107 Å². The summed E-state index contributed by atoms with van der Waals surface area (Å²) in [6.45, 7) is 0. The summed E-state index contributed by atoms with van der Waals surface area (Å²) >= 11 is 0. The molecule has 0 spiro atoms. The third-order valence-electron chi connectivity index (χ3n) is 3.70. The Balaban J connectivity index is 1.60. The van der Waals surface area contributed by atoms with Crippen LogP contribution in [0.2, 0.25) is 0 Å². The van der Waals surface area contributed by atoms with Gasteiger partial charge in [-0.1, -0.05) is 30.4 Å². The van der Waals surface area contributed by atoms with E-state index in [4.69, 9.17) is 0 Å². The average molecular weight is 242 g/mol. The summed E-state index contributed by atoms with van der Waals surface area (Å²) in [5.41, 5.74) is 2.34. The van der Waals surface area contributed by atoms with Gasteiger partial charge in [-0.05, 0) is 30.9 Å². The molecule has 0 aromatic heterocycles. The molecule has 3 heteroatoms. The Bertz CT molecular complexity index is 456. The molecule has 3 nitrogen and oxygen atoms in total. The van der Waals surface area contributed by atoms with E-state index in [1.165, 1.54) is 5.56 Å². The number of anilines is 1. The normalized spacial score (nSPS) is 25.3. The number of carbonyl (C=O) groups is 1. The SMILES string of the molecule is O=C(NC1CC=CCC1)[C@@H]1Cc2ccccc2N1. The van der Waals surface area contributed by atoms with Gasteiger partial charge in [0, 0.05) is 18.2 Å². The summed E-state index contributed by atoms with van der Waals surface area (Å²) in [4.78, 5) is 12.2. The van der Waals surface area contributed by atoms with Crippen LogP contribution in [0.3, 0.4) is 0 Å². The van der Waals surface area contributed by atoms with Gasteiger partial charge in [0.15, 0.2) is 0 Å². The Morgan fingerprint density at radius 1 is 1.28 bits per heavy atom. The number of benzene rings is 1. The van der Waals surface area contributed by atoms with Gasteiger partial charge < -0.3 is 10.6 Å². The number of para-hydroxylation sites is 1. The Morgan fingerprint density at radius 3 is 2.94 bits per heavy atom. The highest BCUT2D eigenvalue weighted by Gasteiger charge is 2.27. The number of hydrogen-bond acceptors (Lipinski definition) is 2. The molecular formula is C15H18N2O. The van der Waals surface area contributed by atoms with Crippen molar-refractivity contribution in [3.05, 3.63) is 42.0 Å². The van der Waals surface area contributed by atoms with Crippen molar-refractivity contribution in [3.8, 4) is 0 Å². The standard InChI is InChI=1S/C15H18N2O/c18-15(16-12-7-2-1-3-8-12)14-10-11-6-4-5-9-13(11)17-14/h1-2,4-6,9,12,14,17H,3,7-8,10H2,(H,16,18)/t12?,14-/m0/s1. The van der Waals surface area contributed by atoms with Crippen LogP contribution in [0.4, 0.5) is 5.69 Å². The van der Waals surface area contributed by atoms with E-state index >= 15 is 0 Å². The number of amides is 1. The molecule has 2 atom stereocenters. The van der Waals surface area contributed by atoms with Crippen molar-refractivity contribution in [1.29, 1.82) is 0 Å². The topological polar surface area (TPSA) is 41.1 Å². The van der Waals surface area contributed by atoms with Crippen LogP contribution in [0, 0.1) is 0 Å². The number of carbonyl (C=O) groups excluding carboxylic acids is 1. The lowest BCUT2D eigenvalue weighted by Gasteiger charge is -2.21. The monoisotopic (exact) mass is 242 g/mol. The molecule has 1 amide bonds. The van der Waals surface area contributed by atoms with Gasteiger partial charge in [0.05, 0.1) is 0 Å². The van der Waals surface area contributed by atoms with Crippen LogP contribution in [0.5, 0.6) is 0 Å². The molecule has 3 rings (SSSR count). The van der Waals surface area contributed by atoms with E-state index in [0.29, 0.717) is 6.04 Å². The molecule has 0 bridgehead atoms. The van der Waals surface area contributed by atoms with Crippen LogP contribution in [0.25, 0.3) is 0 Å². The highest BCUT2D eigenvalue weighted by atomic mass is 16.2. The number of rotatable bonds is 2. The maximum atomic E-state index is 12.2. The number of hydrogen-bond donors (Lipinski definition) is 2. The summed E-state index contributed by atoms with van der Waals surface area (Å²) in [6, 6.07) is 8.34. The zero-order chi connectivity index (χ0) is 12.4. The fourth-order valence-corrected chi connectivity index (χ4v) is 2.68. The molecule has 2 N–H and O–H groups in total. The molecule has 0 saturated carbocycles. The van der Waals surface area contributed by atoms with Crippen molar-refractivity contribution in [2.75, 3.05) is 5.32 Å². The van der Waals surface area contributed by atoms with Crippen molar-refractivity contribution < 1.29 is 4.79 Å². The van der Waals surface area contributed by atoms with Crippen LogP contribution in [0.15, 0.2) is 36.4 Å². The summed E-state index contributed by atoms with van der Waals surface area (Å²) in [5.74, 6) is 0.131. The fourth-order valence-electron chi connectivity index (χ4n) is 2.68. The number of nitrogens with one attached hydrogen (secondary N) is 2. The highest BCUT2D eigenvalue weighted by Crippen LogP contribution is 2.25. The molecule has 0 saturated heterocycles. The summed E-state index contributed by atoms with van der Waals surface area (Å²) in [6.07, 6.45) is 8.23. The van der Waals surface area contributed by atoms with Gasteiger partial charge in [-0.25, -0.2) is 0 Å². The molecule has 94 valence electrons. The lowest BCUT2D eigenvalue weighted by molar-refractivity contribution is -0.122. The third kappa shape index (κ3) is 2.26. The van der Waals surface area contributed by atoms with Crippen LogP contribution in [-0.2, 0) is 11.2 Å². The van der Waals surface area contributed by atoms with Crippen molar-refractivity contribution in [3.63, 3.8) is 0 Å². The lowest BCUT2D eigenvalue weighted by atomic mass is 10.0. The minimum absolute atomic E-state index is 0.103. The van der Waals surface area contributed by atoms with Gasteiger partial charge in [-0.2, -0.15) is 0 Å². The van der Waals surface area contributed by atoms with Crippen molar-refractivity contribution in [2.45, 2.75) is 37.8 Å². The number of allylic oxidation sites excluding steroid dienone is 1. The summed E-state index contributed by atoms with van der Waals surface area (Å²) in [7, 11) is 0. The third-order valence-corrected chi connectivity index (χ3v) is 3.70. The largest absolute Gasteiger partial charge is 0.373 e. The first kappa shape index (κ1) is 11.3. The maximum Gasteiger partial charge on any atom is 0.243 e. The van der Waals surface area contributed by atoms with E-state index < -0.39 is 0 Å². The molecule has 1 aromatic rings. The van der Waals surface area contributed by atoms with Crippen LogP contribution < -0.4 is 10.6 Å². The van der Waals surface area contributed by atoms with Crippen molar-refractivity contribution >= 4 is 11.6 Å². The van der Waals surface area contributed by atoms with Crippen molar-refractivity contribution in [2.24, 2.45) is 0 Å². The van der Waals surface area contributed by atoms with Gasteiger partial charge in [-0.15, -0.1) is 0 Å². The van der Waals surface area contributed by atoms with Crippen LogP contribution >= 0.6 is 0 Å². The second kappa shape index (κ2) is 4.84. The summed E-state index contributed by atoms with van der Waals surface area (Å²) < 4.78 is 0. The molecule has 1 aliphatic heterocycles. The van der Waals surface area contributed by atoms with E-state index in [1.54, 1.807) is 0 Å². The molecule has 0 fully saturated rings. The molecule has 1 aliphatic carbocycles. The quantitative estimate of drug-likeness (QED) is 0.781. The van der Waals surface area contributed by atoms with Gasteiger partial charge in [0.1, 0.15) is 6.04 Å². The molecule has 0 radical (unpaired) electrons. The molecular weight excluding hydrogens is 224 g/mol. The van der Waals surface area contributed by atoms with E-state index in [0.717, 1.165) is 31.4 Å². The zero-order valence-electron chi connectivity index (χ0n) is 10.4. The number of fused-ring (bicyclic) bond motifs is 1. The predicted octanol–water partition coefficient (Wildman–Crippen LogP) is 2.25. The Hall–Kier alpha value is -1.77. The molecule has 1 heterocycles. The Kier molecular flexibility index (Phi) is 3.05. The first-order valence-corrected chi connectivity index (χ1v) is 6.63. The maximum absolute atomic E-state index is 12.2. The minimum Gasteiger partial charge on any atom is -0.373 e. The second-order valence-corrected chi connectivity index (χ2v) is 5.05. The van der Waals surface area contributed by atoms with E-state index in [-0.39, 0.29) is 11.9 Å². The molecule has 18 heavy (non-hydrogen) atoms. The average Bonchev–Trinajstić information content (AvgIpc) is 2.84. The van der Waals surface area contributed by atoms with Gasteiger partial charge in [0.2, 0.25) is 5.91 Å². The predicted molar refractivity (Wildman–Crippen MR) is 72.5 cm³/mol. The molecule has 1 unspecified atom stereocenters. The zero-order valence-corrected chi connectivity index (χ0v) is 10.4. The van der Waals surface area contributed by atoms with E-state index in [1.807, 2.05) is 18.2 Å². The Morgan fingerprint density at radius 2 is 2.17 bits per heavy atom. The van der Waals surface area contributed by atoms with Gasteiger partial charge >= 0.3 is 0 Å². The lowest BCUT2D eigenvalue weighted by Crippen LogP contribution is -2.44. The van der Waals surface area contributed by atoms with Gasteiger partial charge in [-0.3, -0.25) is 4.79 Å². The molecule has 2 aliphatic rings. The van der Waals surface area contributed by atoms with Crippen LogP contribution in [-0.4, -0.2) is 18.0 Å². The minimum atomic E-state index is -0.103. The summed E-state index contributed by atoms with van der Waals surface area (Å²) in [5, 5.41) is 6.44. The molecule has 1 aromatic carbocycles. The van der Waals surface area contributed by atoms with Crippen molar-refractivity contribution in [1.82, 2.24) is 5.32 Å². The van der Waals surface area contributed by atoms with Crippen LogP contribution in [0.1, 0.15) is 24.8 Å². The van der Waals surface area contributed by atoms with E-state index in [2.05, 4.69) is 28.9 Å². The first-order chi connectivity index (χ1) is 8.83. The van der Waals surface area contributed by atoms with Gasteiger partial charge in [0.25, 0.3) is 0 Å². The first-order valence-electron chi connectivity index (χ1n) is 6.63. The van der Waals surface area contributed by atoms with E-state index in [9.17, 15) is 4.79 Å².